The number of alkyl halides is 3. The molecule has 0 aromatic heterocycles. The number of halogens is 3. The molecule has 1 aliphatic heterocycles. The third-order valence-corrected chi connectivity index (χ3v) is 5.32. The molecule has 0 radical (unpaired) electrons. The fourth-order valence-corrected chi connectivity index (χ4v) is 3.87. The van der Waals surface area contributed by atoms with Crippen molar-refractivity contribution >= 4 is 51.7 Å². The molecule has 0 spiro atoms. The molecule has 5 nitrogen and oxygen atoms in total. The lowest BCUT2D eigenvalue weighted by Gasteiger charge is -2.09. The second-order valence-corrected chi connectivity index (χ2v) is 7.59. The first-order chi connectivity index (χ1) is 13.7. The van der Waals surface area contributed by atoms with Gasteiger partial charge in [0.25, 0.3) is 5.91 Å². The molecule has 1 N–H and O–H groups in total. The van der Waals surface area contributed by atoms with Crippen LogP contribution >= 0.6 is 24.0 Å². The average Bonchev–Trinajstić information content (AvgIpc) is 2.94. The van der Waals surface area contributed by atoms with Crippen molar-refractivity contribution in [3.8, 4) is 5.75 Å². The Morgan fingerprint density at radius 2 is 1.86 bits per heavy atom. The van der Waals surface area contributed by atoms with E-state index in [1.807, 2.05) is 0 Å². The van der Waals surface area contributed by atoms with Crippen LogP contribution in [0.1, 0.15) is 18.1 Å². The number of carbonyl (C=O) groups excluding carboxylic acids is 1. The number of likely N-dealkylation sites (N-methyl/N-ethyl adjacent to an activating group) is 1. The van der Waals surface area contributed by atoms with Crippen LogP contribution in [0.3, 0.4) is 0 Å². The van der Waals surface area contributed by atoms with Crippen molar-refractivity contribution in [3.63, 3.8) is 0 Å². The van der Waals surface area contributed by atoms with E-state index >= 15 is 0 Å². The highest BCUT2D eigenvalue weighted by molar-refractivity contribution is 8.26. The number of phenolic OH excluding ortho intramolecular Hbond substituents is 1. The molecule has 1 fully saturated rings. The fourth-order valence-electron chi connectivity index (χ4n) is 2.49. The maximum Gasteiger partial charge on any atom is 0.416 e. The number of rotatable bonds is 4. The molecule has 29 heavy (non-hydrogen) atoms. The lowest BCUT2D eigenvalue weighted by molar-refractivity contribution is -0.137. The van der Waals surface area contributed by atoms with E-state index in [1.54, 1.807) is 6.92 Å². The third kappa shape index (κ3) is 4.83. The normalized spacial score (nSPS) is 16.4. The van der Waals surface area contributed by atoms with Crippen LogP contribution in [0.2, 0.25) is 0 Å². The van der Waals surface area contributed by atoms with E-state index < -0.39 is 11.7 Å². The molecule has 0 unspecified atom stereocenters. The van der Waals surface area contributed by atoms with Crippen LogP contribution in [0.15, 0.2) is 57.6 Å². The van der Waals surface area contributed by atoms with Crippen molar-refractivity contribution in [2.24, 2.45) is 10.2 Å². The first kappa shape index (κ1) is 21.0. The molecule has 3 rings (SSSR count). The van der Waals surface area contributed by atoms with Gasteiger partial charge < -0.3 is 5.11 Å². The number of amides is 1. The van der Waals surface area contributed by atoms with Gasteiger partial charge in [0.1, 0.15) is 10.1 Å². The number of benzene rings is 2. The number of aromatic hydroxyl groups is 1. The quantitative estimate of drug-likeness (QED) is 0.359. The summed E-state index contributed by atoms with van der Waals surface area (Å²) >= 11 is 6.28. The van der Waals surface area contributed by atoms with E-state index in [-0.39, 0.29) is 17.3 Å². The summed E-state index contributed by atoms with van der Waals surface area (Å²) in [6.45, 7) is 2.25. The number of carbonyl (C=O) groups is 1. The molecule has 1 amide bonds. The summed E-state index contributed by atoms with van der Waals surface area (Å²) in [5.41, 5.74) is -0.156. The Morgan fingerprint density at radius 1 is 1.17 bits per heavy atom. The van der Waals surface area contributed by atoms with E-state index in [2.05, 4.69) is 10.2 Å². The van der Waals surface area contributed by atoms with Crippen molar-refractivity contribution in [1.82, 2.24) is 4.90 Å². The topological polar surface area (TPSA) is 65.3 Å². The van der Waals surface area contributed by atoms with Gasteiger partial charge in [-0.05, 0) is 49.4 Å². The standard InChI is InChI=1S/C19H14F3N3O2S2/c1-2-25-17(27)16(29-18(25)28)9-11-8-14(6-7-15(11)26)24-23-13-5-3-4-12(10-13)19(20,21)22/h3-10,26H,2H2,1H3/b16-9-,24-23?. The van der Waals surface area contributed by atoms with Gasteiger partial charge in [0.05, 0.1) is 21.8 Å². The van der Waals surface area contributed by atoms with Crippen molar-refractivity contribution < 1.29 is 23.1 Å². The lowest BCUT2D eigenvalue weighted by Crippen LogP contribution is -2.27. The smallest absolute Gasteiger partial charge is 0.416 e. The van der Waals surface area contributed by atoms with Crippen molar-refractivity contribution in [2.45, 2.75) is 13.1 Å². The summed E-state index contributed by atoms with van der Waals surface area (Å²) < 4.78 is 38.8. The highest BCUT2D eigenvalue weighted by Crippen LogP contribution is 2.35. The molecule has 0 aliphatic carbocycles. The van der Waals surface area contributed by atoms with Crippen molar-refractivity contribution in [3.05, 3.63) is 58.5 Å². The predicted molar refractivity (Wildman–Crippen MR) is 109 cm³/mol. The molecule has 10 heteroatoms. The van der Waals surface area contributed by atoms with Crippen LogP contribution in [0.5, 0.6) is 5.75 Å². The van der Waals surface area contributed by atoms with Gasteiger partial charge in [-0.15, -0.1) is 0 Å². The minimum Gasteiger partial charge on any atom is -0.507 e. The van der Waals surface area contributed by atoms with Crippen molar-refractivity contribution in [2.75, 3.05) is 6.54 Å². The van der Waals surface area contributed by atoms with Crippen LogP contribution in [-0.4, -0.2) is 26.8 Å². The predicted octanol–water partition coefficient (Wildman–Crippen LogP) is 6.05. The molecule has 0 atom stereocenters. The van der Waals surface area contributed by atoms with E-state index in [9.17, 15) is 23.1 Å². The average molecular weight is 437 g/mol. The molecule has 150 valence electrons. The Kier molecular flexibility index (Phi) is 6.04. The highest BCUT2D eigenvalue weighted by atomic mass is 32.2. The Balaban J connectivity index is 1.87. The largest absolute Gasteiger partial charge is 0.507 e. The molecule has 2 aromatic rings. The second kappa shape index (κ2) is 8.34. The van der Waals surface area contributed by atoms with Gasteiger partial charge in [-0.3, -0.25) is 9.69 Å². The molecule has 1 saturated heterocycles. The molecule has 1 heterocycles. The van der Waals surface area contributed by atoms with Gasteiger partial charge >= 0.3 is 6.18 Å². The zero-order chi connectivity index (χ0) is 21.2. The summed E-state index contributed by atoms with van der Waals surface area (Å²) in [5, 5.41) is 17.8. The maximum atomic E-state index is 12.8. The van der Waals surface area contributed by atoms with Gasteiger partial charge in [0.2, 0.25) is 0 Å². The SMILES string of the molecule is CCN1C(=O)/C(=C/c2cc(N=Nc3cccc(C(F)(F)F)c3)ccc2O)SC1=S. The van der Waals surface area contributed by atoms with Gasteiger partial charge in [0.15, 0.2) is 0 Å². The van der Waals surface area contributed by atoms with E-state index in [1.165, 1.54) is 41.3 Å². The fraction of sp³-hybridized carbons (Fsp3) is 0.158. The van der Waals surface area contributed by atoms with Crippen LogP contribution < -0.4 is 0 Å². The van der Waals surface area contributed by atoms with Crippen LogP contribution in [0.4, 0.5) is 24.5 Å². The number of nitrogens with zero attached hydrogens (tertiary/aromatic N) is 3. The van der Waals surface area contributed by atoms with Gasteiger partial charge in [0, 0.05) is 12.1 Å². The van der Waals surface area contributed by atoms with Gasteiger partial charge in [-0.1, -0.05) is 30.0 Å². The molecule has 2 aromatic carbocycles. The molecular formula is C19H14F3N3O2S2. The lowest BCUT2D eigenvalue weighted by atomic mass is 10.1. The monoisotopic (exact) mass is 437 g/mol. The van der Waals surface area contributed by atoms with Crippen LogP contribution in [-0.2, 0) is 11.0 Å². The zero-order valence-corrected chi connectivity index (χ0v) is 16.6. The molecular weight excluding hydrogens is 423 g/mol. The second-order valence-electron chi connectivity index (χ2n) is 5.92. The Morgan fingerprint density at radius 3 is 2.48 bits per heavy atom. The molecule has 0 bridgehead atoms. The summed E-state index contributed by atoms with van der Waals surface area (Å²) in [6, 6.07) is 8.79. The maximum absolute atomic E-state index is 12.8. The van der Waals surface area contributed by atoms with Gasteiger partial charge in [-0.25, -0.2) is 0 Å². The van der Waals surface area contributed by atoms with Crippen LogP contribution in [0.25, 0.3) is 6.08 Å². The number of thioether (sulfide) groups is 1. The van der Waals surface area contributed by atoms with E-state index in [4.69, 9.17) is 12.2 Å². The summed E-state index contributed by atoms with van der Waals surface area (Å²) in [7, 11) is 0. The summed E-state index contributed by atoms with van der Waals surface area (Å²) in [6.07, 6.45) is -2.98. The van der Waals surface area contributed by atoms with Gasteiger partial charge in [-0.2, -0.15) is 23.4 Å². The summed E-state index contributed by atoms with van der Waals surface area (Å²) in [4.78, 5) is 14.1. The first-order valence-corrected chi connectivity index (χ1v) is 9.59. The first-order valence-electron chi connectivity index (χ1n) is 8.36. The Labute approximate surface area is 173 Å². The minimum absolute atomic E-state index is 0.0401. The highest BCUT2D eigenvalue weighted by Gasteiger charge is 2.31. The third-order valence-electron chi connectivity index (χ3n) is 3.94. The minimum atomic E-state index is -4.47. The number of phenols is 1. The van der Waals surface area contributed by atoms with E-state index in [0.29, 0.717) is 27.0 Å². The number of azo groups is 1. The summed E-state index contributed by atoms with van der Waals surface area (Å²) in [5.74, 6) is -0.331. The number of hydrogen-bond donors (Lipinski definition) is 1. The number of hydrogen-bond acceptors (Lipinski definition) is 6. The van der Waals surface area contributed by atoms with Crippen LogP contribution in [0, 0.1) is 0 Å². The van der Waals surface area contributed by atoms with Crippen molar-refractivity contribution in [1.29, 1.82) is 0 Å². The molecule has 0 saturated carbocycles. The zero-order valence-electron chi connectivity index (χ0n) is 15.0. The van der Waals surface area contributed by atoms with E-state index in [0.717, 1.165) is 23.9 Å². The molecule has 1 aliphatic rings. The Bertz CT molecular complexity index is 1040. The Hall–Kier alpha value is -2.72. The number of thiocarbonyl (C=S) groups is 1.